The highest BCUT2D eigenvalue weighted by molar-refractivity contribution is 7.90. The molecule has 0 unspecified atom stereocenters. The SMILES string of the molecule is [2H]C([2H])([2H])[C@H](C)CC(=O)N1[C@@H]2C[C@H]3CC[C@]2(CS1(=O)=O)C3(C)C. The summed E-state index contributed by atoms with van der Waals surface area (Å²) in [6.07, 6.45) is 2.34. The third-order valence-electron chi connectivity index (χ3n) is 6.14. The fourth-order valence-electron chi connectivity index (χ4n) is 4.97. The van der Waals surface area contributed by atoms with Crippen LogP contribution in [0.15, 0.2) is 0 Å². The minimum atomic E-state index is -3.65. The van der Waals surface area contributed by atoms with Gasteiger partial charge in [-0.05, 0) is 36.5 Å². The first-order valence-corrected chi connectivity index (χ1v) is 8.99. The maximum absolute atomic E-state index is 12.7. The van der Waals surface area contributed by atoms with Crippen molar-refractivity contribution in [3.8, 4) is 0 Å². The second-order valence-corrected chi connectivity index (χ2v) is 9.26. The van der Waals surface area contributed by atoms with Crippen molar-refractivity contribution < 1.29 is 17.3 Å². The Bertz CT molecular complexity index is 643. The van der Waals surface area contributed by atoms with E-state index >= 15 is 0 Å². The van der Waals surface area contributed by atoms with E-state index in [1.165, 1.54) is 6.92 Å². The van der Waals surface area contributed by atoms with E-state index in [0.717, 1.165) is 23.6 Å². The summed E-state index contributed by atoms with van der Waals surface area (Å²) in [5.41, 5.74) is -0.440. The van der Waals surface area contributed by atoms with Crippen LogP contribution in [0.5, 0.6) is 0 Å². The van der Waals surface area contributed by atoms with Gasteiger partial charge in [-0.15, -0.1) is 0 Å². The zero-order valence-corrected chi connectivity index (χ0v) is 13.2. The van der Waals surface area contributed by atoms with Crippen LogP contribution in [0.1, 0.15) is 57.4 Å². The van der Waals surface area contributed by atoms with Gasteiger partial charge in [-0.3, -0.25) is 4.79 Å². The molecule has 1 saturated heterocycles. The van der Waals surface area contributed by atoms with E-state index < -0.39 is 28.7 Å². The maximum atomic E-state index is 12.7. The van der Waals surface area contributed by atoms with Crippen molar-refractivity contribution in [1.29, 1.82) is 0 Å². The van der Waals surface area contributed by atoms with Crippen molar-refractivity contribution in [3.63, 3.8) is 0 Å². The first-order valence-electron chi connectivity index (χ1n) is 8.88. The van der Waals surface area contributed by atoms with Gasteiger partial charge in [-0.1, -0.05) is 27.6 Å². The van der Waals surface area contributed by atoms with Gasteiger partial charge in [0.05, 0.1) is 11.8 Å². The molecule has 0 radical (unpaired) electrons. The number of carbonyl (C=O) groups excluding carboxylic acids is 1. The van der Waals surface area contributed by atoms with E-state index in [9.17, 15) is 13.2 Å². The molecule has 5 heteroatoms. The van der Waals surface area contributed by atoms with Gasteiger partial charge in [0.25, 0.3) is 0 Å². The van der Waals surface area contributed by atoms with Gasteiger partial charge in [0.2, 0.25) is 15.9 Å². The molecular weight excluding hydrogens is 274 g/mol. The van der Waals surface area contributed by atoms with Gasteiger partial charge in [0.15, 0.2) is 0 Å². The largest absolute Gasteiger partial charge is 0.274 e. The van der Waals surface area contributed by atoms with E-state index in [1.807, 2.05) is 0 Å². The predicted molar refractivity (Wildman–Crippen MR) is 77.4 cm³/mol. The van der Waals surface area contributed by atoms with Gasteiger partial charge < -0.3 is 0 Å². The Morgan fingerprint density at radius 1 is 1.50 bits per heavy atom. The molecule has 0 N–H and O–H groups in total. The third-order valence-corrected chi connectivity index (χ3v) is 8.08. The number of amides is 1. The number of hydrogen-bond acceptors (Lipinski definition) is 3. The fraction of sp³-hybridized carbons (Fsp3) is 0.933. The zero-order valence-electron chi connectivity index (χ0n) is 15.3. The van der Waals surface area contributed by atoms with Gasteiger partial charge >= 0.3 is 0 Å². The van der Waals surface area contributed by atoms with E-state index in [0.29, 0.717) is 5.92 Å². The monoisotopic (exact) mass is 302 g/mol. The zero-order chi connectivity index (χ0) is 17.4. The molecule has 4 atom stereocenters. The van der Waals surface area contributed by atoms with Crippen molar-refractivity contribution in [2.45, 2.75) is 59.3 Å². The molecule has 114 valence electrons. The fourth-order valence-corrected chi connectivity index (χ4v) is 7.53. The lowest BCUT2D eigenvalue weighted by Crippen LogP contribution is -2.44. The van der Waals surface area contributed by atoms with Crippen LogP contribution < -0.4 is 0 Å². The van der Waals surface area contributed by atoms with Crippen LogP contribution in [0.3, 0.4) is 0 Å². The molecule has 1 heterocycles. The lowest BCUT2D eigenvalue weighted by Gasteiger charge is -2.37. The molecule has 1 amide bonds. The van der Waals surface area contributed by atoms with Crippen molar-refractivity contribution >= 4 is 15.9 Å². The molecule has 3 rings (SSSR count). The molecule has 2 aliphatic carbocycles. The lowest BCUT2D eigenvalue weighted by atomic mass is 9.69. The van der Waals surface area contributed by atoms with Crippen molar-refractivity contribution in [3.05, 3.63) is 0 Å². The molecule has 2 bridgehead atoms. The average Bonchev–Trinajstić information content (AvgIpc) is 2.83. The predicted octanol–water partition coefficient (Wildman–Crippen LogP) is 2.40. The topological polar surface area (TPSA) is 54.5 Å². The Balaban J connectivity index is 1.91. The van der Waals surface area contributed by atoms with Crippen LogP contribution in [0, 0.1) is 22.7 Å². The van der Waals surface area contributed by atoms with Crippen LogP contribution in [0.2, 0.25) is 0 Å². The second-order valence-electron chi connectivity index (χ2n) is 7.42. The summed E-state index contributed by atoms with van der Waals surface area (Å²) < 4.78 is 48.6. The van der Waals surface area contributed by atoms with Gasteiger partial charge in [-0.25, -0.2) is 12.7 Å². The van der Waals surface area contributed by atoms with Crippen LogP contribution in [-0.4, -0.2) is 30.4 Å². The van der Waals surface area contributed by atoms with Gasteiger partial charge in [0.1, 0.15) is 0 Å². The summed E-state index contributed by atoms with van der Waals surface area (Å²) in [5, 5.41) is 0. The molecular formula is C15H25NO3S. The third kappa shape index (κ3) is 1.59. The number of carbonyl (C=O) groups is 1. The molecule has 0 aromatic heterocycles. The average molecular weight is 302 g/mol. The minimum absolute atomic E-state index is 0.0298. The molecule has 1 spiro atoms. The number of sulfonamides is 1. The van der Waals surface area contributed by atoms with Crippen LogP contribution in [0.4, 0.5) is 0 Å². The van der Waals surface area contributed by atoms with Crippen molar-refractivity contribution in [2.24, 2.45) is 22.7 Å². The Labute approximate surface area is 126 Å². The van der Waals surface area contributed by atoms with Crippen LogP contribution in [0.25, 0.3) is 0 Å². The number of rotatable bonds is 2. The molecule has 20 heavy (non-hydrogen) atoms. The van der Waals surface area contributed by atoms with E-state index in [2.05, 4.69) is 13.8 Å². The van der Waals surface area contributed by atoms with Crippen molar-refractivity contribution in [2.75, 3.05) is 5.75 Å². The standard InChI is InChI=1S/C15H25NO3S/c1-10(2)7-13(17)16-12-8-11-5-6-15(12,14(11,3)4)9-20(16,18)19/h10-12H,5-9H2,1-4H3/t11-,12-,15-/m1/s1/i1D3/t10-,11-,12-,15-. The van der Waals surface area contributed by atoms with Gasteiger partial charge in [0, 0.05) is 15.9 Å². The van der Waals surface area contributed by atoms with Crippen LogP contribution in [-0.2, 0) is 14.8 Å². The van der Waals surface area contributed by atoms with Crippen LogP contribution >= 0.6 is 0 Å². The maximum Gasteiger partial charge on any atom is 0.238 e. The first kappa shape index (κ1) is 11.0. The second kappa shape index (κ2) is 3.99. The van der Waals surface area contributed by atoms with E-state index in [-0.39, 0.29) is 29.0 Å². The molecule has 3 aliphatic rings. The van der Waals surface area contributed by atoms with Crippen molar-refractivity contribution in [1.82, 2.24) is 4.31 Å². The van der Waals surface area contributed by atoms with Gasteiger partial charge in [-0.2, -0.15) is 0 Å². The summed E-state index contributed by atoms with van der Waals surface area (Å²) in [7, 11) is -3.65. The number of nitrogens with zero attached hydrogens (tertiary/aromatic N) is 1. The summed E-state index contributed by atoms with van der Waals surface area (Å²) in [6.45, 7) is 3.48. The summed E-state index contributed by atoms with van der Waals surface area (Å²) in [6, 6.07) is -0.280. The van der Waals surface area contributed by atoms with E-state index in [1.54, 1.807) is 0 Å². The van der Waals surface area contributed by atoms with E-state index in [4.69, 9.17) is 4.11 Å². The highest BCUT2D eigenvalue weighted by atomic mass is 32.2. The first-order chi connectivity index (χ1) is 10.3. The lowest BCUT2D eigenvalue weighted by molar-refractivity contribution is -0.129. The molecule has 3 fully saturated rings. The minimum Gasteiger partial charge on any atom is -0.274 e. The summed E-state index contributed by atoms with van der Waals surface area (Å²) in [5.74, 6) is -0.909. The Kier molecular flexibility index (Phi) is 2.21. The molecule has 0 aromatic rings. The Morgan fingerprint density at radius 3 is 2.80 bits per heavy atom. The Hall–Kier alpha value is -0.580. The molecule has 2 saturated carbocycles. The summed E-state index contributed by atoms with van der Waals surface area (Å²) in [4.78, 5) is 12.6. The number of fused-ring (bicyclic) bond motifs is 1. The smallest absolute Gasteiger partial charge is 0.238 e. The quantitative estimate of drug-likeness (QED) is 0.787. The molecule has 0 aromatic carbocycles. The molecule has 1 aliphatic heterocycles. The highest BCUT2D eigenvalue weighted by Crippen LogP contribution is 2.70. The molecule has 4 nitrogen and oxygen atoms in total. The Morgan fingerprint density at radius 2 is 2.20 bits per heavy atom. The number of hydrogen-bond donors (Lipinski definition) is 0. The normalized spacial score (nSPS) is 44.5. The summed E-state index contributed by atoms with van der Waals surface area (Å²) >= 11 is 0. The highest BCUT2D eigenvalue weighted by Gasteiger charge is 2.72.